The predicted octanol–water partition coefficient (Wildman–Crippen LogP) is 2.49. The van der Waals surface area contributed by atoms with Crippen LogP contribution in [0.3, 0.4) is 0 Å². The fourth-order valence-corrected chi connectivity index (χ4v) is 2.66. The monoisotopic (exact) mass is 224 g/mol. The molecule has 1 saturated carbocycles. The molecule has 0 radical (unpaired) electrons. The van der Waals surface area contributed by atoms with Gasteiger partial charge in [0, 0.05) is 25.2 Å². The molecule has 94 valence electrons. The highest BCUT2D eigenvalue weighted by atomic mass is 15.2. The summed E-state index contributed by atoms with van der Waals surface area (Å²) in [5.41, 5.74) is 0. The summed E-state index contributed by atoms with van der Waals surface area (Å²) >= 11 is 0. The maximum absolute atomic E-state index is 3.63. The van der Waals surface area contributed by atoms with Crippen LogP contribution in [-0.2, 0) is 0 Å². The van der Waals surface area contributed by atoms with E-state index in [1.165, 1.54) is 45.3 Å². The molecular formula is C14H28N2. The maximum atomic E-state index is 3.63. The topological polar surface area (TPSA) is 15.3 Å². The molecule has 2 nitrogen and oxygen atoms in total. The first-order valence-corrected chi connectivity index (χ1v) is 7.14. The molecule has 1 aliphatic carbocycles. The van der Waals surface area contributed by atoms with Gasteiger partial charge in [-0.25, -0.2) is 0 Å². The third-order valence-electron chi connectivity index (χ3n) is 4.35. The van der Waals surface area contributed by atoms with Gasteiger partial charge in [-0.15, -0.1) is 0 Å². The first kappa shape index (κ1) is 12.4. The van der Waals surface area contributed by atoms with Gasteiger partial charge in [0.25, 0.3) is 0 Å². The number of nitrogens with one attached hydrogen (secondary N) is 1. The minimum absolute atomic E-state index is 0.739. The van der Waals surface area contributed by atoms with Crippen LogP contribution >= 0.6 is 0 Å². The Balaban J connectivity index is 1.84. The standard InChI is InChI=1S/C14H28N2/c1-11(2)12(3)16(9-13-6-7-13)10-14-5-4-8-15-14/h11-15H,4-10H2,1-3H3. The first-order valence-electron chi connectivity index (χ1n) is 7.14. The molecular weight excluding hydrogens is 196 g/mol. The summed E-state index contributed by atoms with van der Waals surface area (Å²) in [6.07, 6.45) is 5.70. The third-order valence-corrected chi connectivity index (χ3v) is 4.35. The molecule has 0 aromatic carbocycles. The van der Waals surface area contributed by atoms with Crippen LogP contribution in [0.4, 0.5) is 0 Å². The summed E-state index contributed by atoms with van der Waals surface area (Å²) in [6.45, 7) is 11.0. The van der Waals surface area contributed by atoms with E-state index in [1.54, 1.807) is 0 Å². The highest BCUT2D eigenvalue weighted by Crippen LogP contribution is 2.31. The zero-order valence-corrected chi connectivity index (χ0v) is 11.2. The van der Waals surface area contributed by atoms with Crippen molar-refractivity contribution in [2.75, 3.05) is 19.6 Å². The van der Waals surface area contributed by atoms with Crippen LogP contribution in [0.15, 0.2) is 0 Å². The van der Waals surface area contributed by atoms with Crippen molar-refractivity contribution >= 4 is 0 Å². The van der Waals surface area contributed by atoms with E-state index in [0.717, 1.165) is 23.9 Å². The van der Waals surface area contributed by atoms with Crippen LogP contribution in [0.25, 0.3) is 0 Å². The molecule has 0 amide bonds. The summed E-state index contributed by atoms with van der Waals surface area (Å²) in [4.78, 5) is 2.74. The Labute approximate surface area is 101 Å². The minimum atomic E-state index is 0.739. The molecule has 1 saturated heterocycles. The van der Waals surface area contributed by atoms with Gasteiger partial charge in [-0.3, -0.25) is 4.90 Å². The summed E-state index contributed by atoms with van der Waals surface area (Å²) in [6, 6.07) is 1.50. The van der Waals surface area contributed by atoms with Crippen molar-refractivity contribution in [2.45, 2.75) is 58.5 Å². The maximum Gasteiger partial charge on any atom is 0.0195 e. The van der Waals surface area contributed by atoms with Gasteiger partial charge in [-0.1, -0.05) is 13.8 Å². The first-order chi connectivity index (χ1) is 7.66. The molecule has 2 heteroatoms. The fraction of sp³-hybridized carbons (Fsp3) is 1.00. The van der Waals surface area contributed by atoms with E-state index in [9.17, 15) is 0 Å². The van der Waals surface area contributed by atoms with E-state index >= 15 is 0 Å². The molecule has 1 heterocycles. The van der Waals surface area contributed by atoms with Gasteiger partial charge in [0.1, 0.15) is 0 Å². The molecule has 2 unspecified atom stereocenters. The lowest BCUT2D eigenvalue weighted by Gasteiger charge is -2.34. The molecule has 0 aromatic heterocycles. The quantitative estimate of drug-likeness (QED) is 0.746. The van der Waals surface area contributed by atoms with Crippen molar-refractivity contribution in [3.63, 3.8) is 0 Å². The summed E-state index contributed by atoms with van der Waals surface area (Å²) in [5, 5.41) is 3.63. The molecule has 0 aromatic rings. The van der Waals surface area contributed by atoms with E-state index in [-0.39, 0.29) is 0 Å². The van der Waals surface area contributed by atoms with Gasteiger partial charge >= 0.3 is 0 Å². The van der Waals surface area contributed by atoms with E-state index in [2.05, 4.69) is 31.0 Å². The smallest absolute Gasteiger partial charge is 0.0195 e. The van der Waals surface area contributed by atoms with Crippen molar-refractivity contribution in [3.05, 3.63) is 0 Å². The molecule has 1 N–H and O–H groups in total. The van der Waals surface area contributed by atoms with E-state index in [4.69, 9.17) is 0 Å². The van der Waals surface area contributed by atoms with E-state index in [1.807, 2.05) is 0 Å². The van der Waals surface area contributed by atoms with Crippen molar-refractivity contribution in [3.8, 4) is 0 Å². The SMILES string of the molecule is CC(C)C(C)N(CC1CC1)CC1CCCN1. The highest BCUT2D eigenvalue weighted by molar-refractivity contribution is 4.85. The molecule has 2 fully saturated rings. The molecule has 0 bridgehead atoms. The average Bonchev–Trinajstić information content (AvgIpc) is 2.91. The number of rotatable bonds is 6. The largest absolute Gasteiger partial charge is 0.313 e. The average molecular weight is 224 g/mol. The lowest BCUT2D eigenvalue weighted by molar-refractivity contribution is 0.148. The van der Waals surface area contributed by atoms with Gasteiger partial charge in [-0.05, 0) is 51.0 Å². The van der Waals surface area contributed by atoms with Crippen LogP contribution in [0.1, 0.15) is 46.5 Å². The normalized spacial score (nSPS) is 27.9. The highest BCUT2D eigenvalue weighted by Gasteiger charge is 2.29. The van der Waals surface area contributed by atoms with Gasteiger partial charge in [-0.2, -0.15) is 0 Å². The van der Waals surface area contributed by atoms with Crippen LogP contribution in [0, 0.1) is 11.8 Å². The lowest BCUT2D eigenvalue weighted by atomic mass is 10.0. The molecule has 16 heavy (non-hydrogen) atoms. The van der Waals surface area contributed by atoms with Crippen LogP contribution < -0.4 is 5.32 Å². The Morgan fingerprint density at radius 2 is 1.88 bits per heavy atom. The van der Waals surface area contributed by atoms with Gasteiger partial charge in [0.2, 0.25) is 0 Å². The Bertz CT molecular complexity index is 205. The Kier molecular flexibility index (Phi) is 4.26. The molecule has 2 aliphatic rings. The van der Waals surface area contributed by atoms with E-state index in [0.29, 0.717) is 0 Å². The van der Waals surface area contributed by atoms with Crippen LogP contribution in [-0.4, -0.2) is 36.6 Å². The number of hydrogen-bond acceptors (Lipinski definition) is 2. The Morgan fingerprint density at radius 1 is 1.12 bits per heavy atom. The second kappa shape index (κ2) is 5.50. The van der Waals surface area contributed by atoms with Crippen molar-refractivity contribution in [2.24, 2.45) is 11.8 Å². The zero-order valence-electron chi connectivity index (χ0n) is 11.2. The van der Waals surface area contributed by atoms with Crippen molar-refractivity contribution < 1.29 is 0 Å². The van der Waals surface area contributed by atoms with Crippen LogP contribution in [0.5, 0.6) is 0 Å². The molecule has 2 rings (SSSR count). The summed E-state index contributed by atoms with van der Waals surface area (Å²) < 4.78 is 0. The second-order valence-electron chi connectivity index (χ2n) is 6.18. The number of nitrogens with zero attached hydrogens (tertiary/aromatic N) is 1. The molecule has 2 atom stereocenters. The minimum Gasteiger partial charge on any atom is -0.313 e. The van der Waals surface area contributed by atoms with Gasteiger partial charge in [0.15, 0.2) is 0 Å². The molecule has 1 aliphatic heterocycles. The number of hydrogen-bond donors (Lipinski definition) is 1. The van der Waals surface area contributed by atoms with E-state index < -0.39 is 0 Å². The summed E-state index contributed by atoms with van der Waals surface area (Å²) in [7, 11) is 0. The van der Waals surface area contributed by atoms with Gasteiger partial charge < -0.3 is 5.32 Å². The van der Waals surface area contributed by atoms with Crippen molar-refractivity contribution in [1.29, 1.82) is 0 Å². The lowest BCUT2D eigenvalue weighted by Crippen LogP contribution is -2.45. The second-order valence-corrected chi connectivity index (χ2v) is 6.18. The van der Waals surface area contributed by atoms with Crippen molar-refractivity contribution in [1.82, 2.24) is 10.2 Å². The summed E-state index contributed by atoms with van der Waals surface area (Å²) in [5.74, 6) is 1.79. The van der Waals surface area contributed by atoms with Gasteiger partial charge in [0.05, 0.1) is 0 Å². The fourth-order valence-electron chi connectivity index (χ4n) is 2.66. The molecule has 0 spiro atoms. The predicted molar refractivity (Wildman–Crippen MR) is 69.6 cm³/mol. The third kappa shape index (κ3) is 3.46. The van der Waals surface area contributed by atoms with Crippen LogP contribution in [0.2, 0.25) is 0 Å². The Hall–Kier alpha value is -0.0800. The Morgan fingerprint density at radius 3 is 2.38 bits per heavy atom. The zero-order chi connectivity index (χ0) is 11.5.